The predicted molar refractivity (Wildman–Crippen MR) is 102 cm³/mol. The molecule has 2 aromatic carbocycles. The van der Waals surface area contributed by atoms with Crippen LogP contribution in [0.25, 0.3) is 33.4 Å². The van der Waals surface area contributed by atoms with E-state index in [1.54, 1.807) is 25.4 Å². The molecule has 0 saturated heterocycles. The summed E-state index contributed by atoms with van der Waals surface area (Å²) in [5, 5.41) is 4.04. The van der Waals surface area contributed by atoms with Crippen molar-refractivity contribution < 1.29 is 4.39 Å². The van der Waals surface area contributed by atoms with Gasteiger partial charge < -0.3 is 5.32 Å². The Morgan fingerprint density at radius 2 is 1.85 bits per heavy atom. The van der Waals surface area contributed by atoms with E-state index in [-0.39, 0.29) is 5.82 Å². The molecule has 4 nitrogen and oxygen atoms in total. The van der Waals surface area contributed by atoms with Crippen molar-refractivity contribution in [1.82, 2.24) is 15.0 Å². The highest BCUT2D eigenvalue weighted by Crippen LogP contribution is 2.31. The predicted octanol–water partition coefficient (Wildman–Crippen LogP) is 4.85. The Balaban J connectivity index is 1.93. The van der Waals surface area contributed by atoms with Gasteiger partial charge in [-0.3, -0.25) is 4.98 Å². The lowest BCUT2D eigenvalue weighted by Gasteiger charge is -2.11. The van der Waals surface area contributed by atoms with Crippen LogP contribution in [0.4, 0.5) is 10.2 Å². The maximum atomic E-state index is 13.9. The summed E-state index contributed by atoms with van der Waals surface area (Å²) in [4.78, 5) is 13.4. The van der Waals surface area contributed by atoms with Gasteiger partial charge in [0.15, 0.2) is 5.82 Å². The Labute approximate surface area is 150 Å². The van der Waals surface area contributed by atoms with Gasteiger partial charge in [0.25, 0.3) is 0 Å². The van der Waals surface area contributed by atoms with Gasteiger partial charge in [0.1, 0.15) is 11.6 Å². The minimum absolute atomic E-state index is 0.211. The summed E-state index contributed by atoms with van der Waals surface area (Å²) >= 11 is 0. The Kier molecular flexibility index (Phi) is 4.05. The van der Waals surface area contributed by atoms with Crippen molar-refractivity contribution in [3.63, 3.8) is 0 Å². The molecular formula is C21H17FN4. The lowest BCUT2D eigenvalue weighted by Crippen LogP contribution is -1.99. The summed E-state index contributed by atoms with van der Waals surface area (Å²) in [7, 11) is 1.83. The fraction of sp³-hybridized carbons (Fsp3) is 0.0952. The third-order valence-electron chi connectivity index (χ3n) is 4.43. The smallest absolute Gasteiger partial charge is 0.163 e. The van der Waals surface area contributed by atoms with Crippen LogP contribution in [0.1, 0.15) is 5.56 Å². The molecule has 1 N–H and O–H groups in total. The van der Waals surface area contributed by atoms with E-state index < -0.39 is 0 Å². The number of hydrogen-bond donors (Lipinski definition) is 1. The SMILES string of the molecule is CNc1nc(-c2cccnc2)nc2cc(-c3cccc(F)c3C)ccc12. The molecule has 0 aliphatic rings. The van der Waals surface area contributed by atoms with Crippen LogP contribution in [0.3, 0.4) is 0 Å². The maximum Gasteiger partial charge on any atom is 0.163 e. The first-order chi connectivity index (χ1) is 12.7. The van der Waals surface area contributed by atoms with E-state index in [0.717, 1.165) is 33.4 Å². The molecule has 0 bridgehead atoms. The fourth-order valence-corrected chi connectivity index (χ4v) is 3.03. The molecule has 4 rings (SSSR count). The van der Waals surface area contributed by atoms with Crippen molar-refractivity contribution >= 4 is 16.7 Å². The van der Waals surface area contributed by atoms with Gasteiger partial charge in [0.05, 0.1) is 5.52 Å². The molecule has 0 atom stereocenters. The standard InChI is InChI=1S/C21H17FN4/c1-13-16(6-3-7-18(13)22)14-8-9-17-19(11-14)25-20(26-21(17)23-2)15-5-4-10-24-12-15/h3-12H,1-2H3,(H,23,25,26). The van der Waals surface area contributed by atoms with Crippen LogP contribution in [-0.2, 0) is 0 Å². The van der Waals surface area contributed by atoms with Gasteiger partial charge in [-0.2, -0.15) is 0 Å². The maximum absolute atomic E-state index is 13.9. The first-order valence-corrected chi connectivity index (χ1v) is 8.33. The quantitative estimate of drug-likeness (QED) is 0.577. The number of rotatable bonds is 3. The van der Waals surface area contributed by atoms with Gasteiger partial charge in [0, 0.05) is 30.4 Å². The Hall–Kier alpha value is -3.34. The van der Waals surface area contributed by atoms with E-state index in [2.05, 4.69) is 15.3 Å². The summed E-state index contributed by atoms with van der Waals surface area (Å²) in [6.45, 7) is 1.79. The van der Waals surface area contributed by atoms with E-state index in [1.807, 2.05) is 43.4 Å². The molecule has 0 amide bonds. The molecule has 2 aromatic heterocycles. The fourth-order valence-electron chi connectivity index (χ4n) is 3.03. The average molecular weight is 344 g/mol. The number of hydrogen-bond acceptors (Lipinski definition) is 4. The molecule has 4 aromatic rings. The molecule has 0 spiro atoms. The molecule has 26 heavy (non-hydrogen) atoms. The van der Waals surface area contributed by atoms with Crippen LogP contribution in [0, 0.1) is 12.7 Å². The first kappa shape index (κ1) is 16.1. The molecule has 2 heterocycles. The number of nitrogens with one attached hydrogen (secondary N) is 1. The van der Waals surface area contributed by atoms with Gasteiger partial charge in [0.2, 0.25) is 0 Å². The molecule has 0 aliphatic carbocycles. The van der Waals surface area contributed by atoms with Gasteiger partial charge >= 0.3 is 0 Å². The highest BCUT2D eigenvalue weighted by molar-refractivity contribution is 5.93. The van der Waals surface area contributed by atoms with Crippen LogP contribution in [0.5, 0.6) is 0 Å². The van der Waals surface area contributed by atoms with Crippen molar-refractivity contribution in [3.8, 4) is 22.5 Å². The number of benzene rings is 2. The third kappa shape index (κ3) is 2.77. The van der Waals surface area contributed by atoms with Crippen LogP contribution in [0.15, 0.2) is 60.9 Å². The number of pyridine rings is 1. The van der Waals surface area contributed by atoms with Crippen LogP contribution in [0.2, 0.25) is 0 Å². The normalized spacial score (nSPS) is 10.9. The first-order valence-electron chi connectivity index (χ1n) is 8.33. The Bertz CT molecular complexity index is 1090. The van der Waals surface area contributed by atoms with E-state index in [4.69, 9.17) is 4.98 Å². The van der Waals surface area contributed by atoms with Crippen LogP contribution in [-0.4, -0.2) is 22.0 Å². The number of halogens is 1. The summed E-state index contributed by atoms with van der Waals surface area (Å²) in [5.41, 5.74) is 4.05. The molecule has 0 saturated carbocycles. The van der Waals surface area contributed by atoms with Gasteiger partial charge in [-0.1, -0.05) is 18.2 Å². The summed E-state index contributed by atoms with van der Waals surface area (Å²) in [6.07, 6.45) is 3.45. The summed E-state index contributed by atoms with van der Waals surface area (Å²) < 4.78 is 13.9. The zero-order valence-corrected chi connectivity index (χ0v) is 14.5. The lowest BCUT2D eigenvalue weighted by molar-refractivity contribution is 0.619. The number of fused-ring (bicyclic) bond motifs is 1. The second kappa shape index (κ2) is 6.52. The molecule has 0 unspecified atom stereocenters. The third-order valence-corrected chi connectivity index (χ3v) is 4.43. The van der Waals surface area contributed by atoms with Gasteiger partial charge in [-0.05, 0) is 53.9 Å². The monoisotopic (exact) mass is 344 g/mol. The summed E-state index contributed by atoms with van der Waals surface area (Å²) in [5.74, 6) is 1.14. The van der Waals surface area contributed by atoms with E-state index >= 15 is 0 Å². The lowest BCUT2D eigenvalue weighted by atomic mass is 9.99. The second-order valence-electron chi connectivity index (χ2n) is 6.03. The topological polar surface area (TPSA) is 50.7 Å². The van der Waals surface area contributed by atoms with Crippen molar-refractivity contribution in [2.45, 2.75) is 6.92 Å². The molecule has 5 heteroatoms. The highest BCUT2D eigenvalue weighted by atomic mass is 19.1. The second-order valence-corrected chi connectivity index (χ2v) is 6.03. The molecule has 128 valence electrons. The van der Waals surface area contributed by atoms with E-state index in [0.29, 0.717) is 11.4 Å². The minimum atomic E-state index is -0.211. The Morgan fingerprint density at radius 3 is 2.62 bits per heavy atom. The van der Waals surface area contributed by atoms with Gasteiger partial charge in [-0.15, -0.1) is 0 Å². The zero-order chi connectivity index (χ0) is 18.1. The van der Waals surface area contributed by atoms with E-state index in [9.17, 15) is 4.39 Å². The average Bonchev–Trinajstić information content (AvgIpc) is 2.69. The Morgan fingerprint density at radius 1 is 0.962 bits per heavy atom. The largest absolute Gasteiger partial charge is 0.373 e. The molecule has 0 radical (unpaired) electrons. The molecule has 0 fully saturated rings. The number of anilines is 1. The highest BCUT2D eigenvalue weighted by Gasteiger charge is 2.12. The summed E-state index contributed by atoms with van der Waals surface area (Å²) in [6, 6.07) is 14.8. The molecule has 0 aliphatic heterocycles. The number of aromatic nitrogens is 3. The van der Waals surface area contributed by atoms with Crippen LogP contribution >= 0.6 is 0 Å². The minimum Gasteiger partial charge on any atom is -0.373 e. The van der Waals surface area contributed by atoms with E-state index in [1.165, 1.54) is 6.07 Å². The molecular weight excluding hydrogens is 327 g/mol. The van der Waals surface area contributed by atoms with Crippen molar-refractivity contribution in [2.75, 3.05) is 12.4 Å². The van der Waals surface area contributed by atoms with Gasteiger partial charge in [-0.25, -0.2) is 14.4 Å². The zero-order valence-electron chi connectivity index (χ0n) is 14.5. The number of nitrogens with zero attached hydrogens (tertiary/aromatic N) is 3. The van der Waals surface area contributed by atoms with Crippen molar-refractivity contribution in [2.24, 2.45) is 0 Å². The van der Waals surface area contributed by atoms with Crippen LogP contribution < -0.4 is 5.32 Å². The van der Waals surface area contributed by atoms with Crippen molar-refractivity contribution in [3.05, 3.63) is 72.3 Å². The van der Waals surface area contributed by atoms with Crippen molar-refractivity contribution in [1.29, 1.82) is 0 Å².